The zero-order chi connectivity index (χ0) is 14.0. The second-order valence-corrected chi connectivity index (χ2v) is 5.42. The molecular weight excluding hydrogens is 263 g/mol. The zero-order valence-corrected chi connectivity index (χ0v) is 11.6. The molecule has 0 fully saturated rings. The normalized spacial score (nSPS) is 10.5. The van der Waals surface area contributed by atoms with Crippen molar-refractivity contribution < 1.29 is 9.18 Å². The van der Waals surface area contributed by atoms with Crippen LogP contribution in [0, 0.1) is 12.7 Å². The molecule has 5 heteroatoms. The number of amides is 1. The standard InChI is InChI=1S/C14H15FN2OS/c1-9-5-6-19-13(9)8-17(2)14(18)10-3-4-11(15)12(16)7-10/h3-7H,8,16H2,1-2H3. The molecule has 1 aromatic carbocycles. The maximum absolute atomic E-state index is 13.1. The quantitative estimate of drug-likeness (QED) is 0.877. The van der Waals surface area contributed by atoms with Crippen LogP contribution in [0.4, 0.5) is 10.1 Å². The number of anilines is 1. The lowest BCUT2D eigenvalue weighted by molar-refractivity contribution is 0.0786. The number of nitrogens with zero attached hydrogens (tertiary/aromatic N) is 1. The number of halogens is 1. The summed E-state index contributed by atoms with van der Waals surface area (Å²) in [5, 5.41) is 2.00. The number of aryl methyl sites for hydroxylation is 1. The van der Waals surface area contributed by atoms with Gasteiger partial charge in [-0.2, -0.15) is 0 Å². The van der Waals surface area contributed by atoms with Crippen molar-refractivity contribution in [1.29, 1.82) is 0 Å². The summed E-state index contributed by atoms with van der Waals surface area (Å²) >= 11 is 1.62. The summed E-state index contributed by atoms with van der Waals surface area (Å²) in [5.74, 6) is -0.673. The summed E-state index contributed by atoms with van der Waals surface area (Å²) in [6.45, 7) is 2.56. The Morgan fingerprint density at radius 3 is 2.74 bits per heavy atom. The van der Waals surface area contributed by atoms with Gasteiger partial charge < -0.3 is 10.6 Å². The van der Waals surface area contributed by atoms with Gasteiger partial charge in [-0.3, -0.25) is 4.79 Å². The highest BCUT2D eigenvalue weighted by molar-refractivity contribution is 7.10. The molecule has 0 unspecified atom stereocenters. The number of rotatable bonds is 3. The Balaban J connectivity index is 2.15. The molecule has 0 saturated carbocycles. The van der Waals surface area contributed by atoms with E-state index in [1.165, 1.54) is 23.8 Å². The number of carbonyl (C=O) groups is 1. The van der Waals surface area contributed by atoms with Gasteiger partial charge in [-0.15, -0.1) is 11.3 Å². The Bertz CT molecular complexity index is 609. The SMILES string of the molecule is Cc1ccsc1CN(C)C(=O)c1ccc(F)c(N)c1. The van der Waals surface area contributed by atoms with Crippen LogP contribution in [-0.2, 0) is 6.54 Å². The van der Waals surface area contributed by atoms with Crippen molar-refractivity contribution in [2.75, 3.05) is 12.8 Å². The van der Waals surface area contributed by atoms with Gasteiger partial charge in [0.25, 0.3) is 5.91 Å². The van der Waals surface area contributed by atoms with E-state index >= 15 is 0 Å². The molecule has 0 aliphatic rings. The maximum Gasteiger partial charge on any atom is 0.254 e. The Morgan fingerprint density at radius 1 is 1.42 bits per heavy atom. The predicted octanol–water partition coefficient (Wildman–Crippen LogP) is 3.05. The van der Waals surface area contributed by atoms with Crippen molar-refractivity contribution in [3.8, 4) is 0 Å². The molecule has 2 aromatic rings. The summed E-state index contributed by atoms with van der Waals surface area (Å²) in [4.78, 5) is 14.9. The largest absolute Gasteiger partial charge is 0.396 e. The van der Waals surface area contributed by atoms with Crippen LogP contribution >= 0.6 is 11.3 Å². The third-order valence-electron chi connectivity index (χ3n) is 2.94. The third kappa shape index (κ3) is 2.93. The van der Waals surface area contributed by atoms with Crippen molar-refractivity contribution in [3.05, 3.63) is 51.5 Å². The van der Waals surface area contributed by atoms with Gasteiger partial charge in [-0.1, -0.05) is 0 Å². The first-order valence-corrected chi connectivity index (χ1v) is 6.70. The lowest BCUT2D eigenvalue weighted by Crippen LogP contribution is -2.26. The van der Waals surface area contributed by atoms with Gasteiger partial charge in [-0.25, -0.2) is 4.39 Å². The highest BCUT2D eigenvalue weighted by Gasteiger charge is 2.14. The van der Waals surface area contributed by atoms with Gasteiger partial charge >= 0.3 is 0 Å². The van der Waals surface area contributed by atoms with Crippen LogP contribution in [0.5, 0.6) is 0 Å². The second kappa shape index (κ2) is 5.40. The van der Waals surface area contributed by atoms with Crippen LogP contribution in [-0.4, -0.2) is 17.9 Å². The first-order valence-electron chi connectivity index (χ1n) is 5.82. The second-order valence-electron chi connectivity index (χ2n) is 4.42. The van der Waals surface area contributed by atoms with E-state index in [9.17, 15) is 9.18 Å². The molecule has 0 radical (unpaired) electrons. The van der Waals surface area contributed by atoms with Crippen molar-refractivity contribution >= 4 is 22.9 Å². The van der Waals surface area contributed by atoms with Crippen LogP contribution < -0.4 is 5.73 Å². The van der Waals surface area contributed by atoms with Gasteiger partial charge in [0.15, 0.2) is 0 Å². The van der Waals surface area contributed by atoms with Gasteiger partial charge in [0.2, 0.25) is 0 Å². The Labute approximate surface area is 115 Å². The number of thiophene rings is 1. The smallest absolute Gasteiger partial charge is 0.254 e. The van der Waals surface area contributed by atoms with Gasteiger partial charge in [0.1, 0.15) is 5.82 Å². The monoisotopic (exact) mass is 278 g/mol. The van der Waals surface area contributed by atoms with Crippen LogP contribution in [0.25, 0.3) is 0 Å². The van der Waals surface area contributed by atoms with Crippen LogP contribution in [0.2, 0.25) is 0 Å². The highest BCUT2D eigenvalue weighted by atomic mass is 32.1. The Hall–Kier alpha value is -1.88. The fraction of sp³-hybridized carbons (Fsp3) is 0.214. The molecule has 1 heterocycles. The Kier molecular flexibility index (Phi) is 3.85. The van der Waals surface area contributed by atoms with Crippen LogP contribution in [0.15, 0.2) is 29.6 Å². The molecule has 0 spiro atoms. The molecule has 2 N–H and O–H groups in total. The first-order chi connectivity index (χ1) is 8.99. The highest BCUT2D eigenvalue weighted by Crippen LogP contribution is 2.19. The van der Waals surface area contributed by atoms with E-state index in [1.807, 2.05) is 18.4 Å². The molecule has 0 aliphatic carbocycles. The maximum atomic E-state index is 13.1. The lowest BCUT2D eigenvalue weighted by atomic mass is 10.1. The topological polar surface area (TPSA) is 46.3 Å². The fourth-order valence-corrected chi connectivity index (χ4v) is 2.71. The number of hydrogen-bond acceptors (Lipinski definition) is 3. The average molecular weight is 278 g/mol. The predicted molar refractivity (Wildman–Crippen MR) is 75.7 cm³/mol. The van der Waals surface area contributed by atoms with E-state index in [2.05, 4.69) is 0 Å². The van der Waals surface area contributed by atoms with E-state index in [0.29, 0.717) is 12.1 Å². The minimum Gasteiger partial charge on any atom is -0.396 e. The van der Waals surface area contributed by atoms with E-state index in [1.54, 1.807) is 23.3 Å². The van der Waals surface area contributed by atoms with Crippen LogP contribution in [0.1, 0.15) is 20.8 Å². The van der Waals surface area contributed by atoms with Crippen molar-refractivity contribution in [3.63, 3.8) is 0 Å². The molecule has 0 saturated heterocycles. The van der Waals surface area contributed by atoms with Crippen LogP contribution in [0.3, 0.4) is 0 Å². The number of carbonyl (C=O) groups excluding carboxylic acids is 1. The van der Waals surface area contributed by atoms with Gasteiger partial charge in [0.05, 0.1) is 12.2 Å². The summed E-state index contributed by atoms with van der Waals surface area (Å²) in [6, 6.07) is 6.06. The van der Waals surface area contributed by atoms with Crippen molar-refractivity contribution in [2.24, 2.45) is 0 Å². The minimum absolute atomic E-state index is 0.00782. The number of hydrogen-bond donors (Lipinski definition) is 1. The van der Waals surface area contributed by atoms with Gasteiger partial charge in [-0.05, 0) is 42.1 Å². The molecular formula is C14H15FN2OS. The third-order valence-corrected chi connectivity index (χ3v) is 3.95. The van der Waals surface area contributed by atoms with E-state index in [0.717, 1.165) is 4.88 Å². The van der Waals surface area contributed by atoms with E-state index in [-0.39, 0.29) is 11.6 Å². The molecule has 0 atom stereocenters. The molecule has 2 rings (SSSR count). The summed E-state index contributed by atoms with van der Waals surface area (Å²) in [7, 11) is 1.72. The molecule has 3 nitrogen and oxygen atoms in total. The fourth-order valence-electron chi connectivity index (χ4n) is 1.75. The number of nitrogen functional groups attached to an aromatic ring is 1. The number of benzene rings is 1. The molecule has 1 aromatic heterocycles. The molecule has 1 amide bonds. The molecule has 0 bridgehead atoms. The average Bonchev–Trinajstić information content (AvgIpc) is 2.77. The first kappa shape index (κ1) is 13.5. The summed E-state index contributed by atoms with van der Waals surface area (Å²) in [5.41, 5.74) is 7.04. The summed E-state index contributed by atoms with van der Waals surface area (Å²) in [6.07, 6.45) is 0. The minimum atomic E-state index is -0.506. The van der Waals surface area contributed by atoms with E-state index in [4.69, 9.17) is 5.73 Å². The molecule has 100 valence electrons. The number of nitrogens with two attached hydrogens (primary N) is 1. The zero-order valence-electron chi connectivity index (χ0n) is 10.8. The van der Waals surface area contributed by atoms with E-state index < -0.39 is 5.82 Å². The molecule has 0 aliphatic heterocycles. The summed E-state index contributed by atoms with van der Waals surface area (Å²) < 4.78 is 13.1. The Morgan fingerprint density at radius 2 is 2.16 bits per heavy atom. The van der Waals surface area contributed by atoms with Crippen molar-refractivity contribution in [2.45, 2.75) is 13.5 Å². The lowest BCUT2D eigenvalue weighted by Gasteiger charge is -2.17. The van der Waals surface area contributed by atoms with Gasteiger partial charge in [0, 0.05) is 17.5 Å². The van der Waals surface area contributed by atoms with Crippen molar-refractivity contribution in [1.82, 2.24) is 4.90 Å². The molecule has 19 heavy (non-hydrogen) atoms.